The molecule has 1 spiro atoms. The first-order valence-corrected chi connectivity index (χ1v) is 11.7. The fourth-order valence-corrected chi connectivity index (χ4v) is 5.26. The van der Waals surface area contributed by atoms with Crippen LogP contribution in [-0.2, 0) is 22.9 Å². The minimum atomic E-state index is -4.84. The number of likely N-dealkylation sites (N-methyl/N-ethyl adjacent to an activating group) is 1. The van der Waals surface area contributed by atoms with Gasteiger partial charge in [0.2, 0.25) is 5.91 Å². The fraction of sp³-hybridized carbons (Fsp3) is 0.346. The second kappa shape index (κ2) is 8.76. The second-order valence-corrected chi connectivity index (χ2v) is 9.62. The summed E-state index contributed by atoms with van der Waals surface area (Å²) in [7, 11) is 1.85. The summed E-state index contributed by atoms with van der Waals surface area (Å²) >= 11 is 0. The molecule has 6 nitrogen and oxygen atoms in total. The molecular formula is C26H24F5N5O. The second-order valence-electron chi connectivity index (χ2n) is 9.62. The average Bonchev–Trinajstić information content (AvgIpc) is 2.80. The van der Waals surface area contributed by atoms with E-state index >= 15 is 0 Å². The monoisotopic (exact) mass is 517 g/mol. The van der Waals surface area contributed by atoms with Gasteiger partial charge in [0.05, 0.1) is 29.5 Å². The molecule has 194 valence electrons. The number of likely N-dealkylation sites (tertiary alicyclic amines) is 1. The lowest BCUT2D eigenvalue weighted by Crippen LogP contribution is -2.68. The minimum absolute atomic E-state index is 0.0546. The number of benzene rings is 2. The van der Waals surface area contributed by atoms with Crippen LogP contribution in [0.5, 0.6) is 0 Å². The molecule has 0 radical (unpaired) electrons. The summed E-state index contributed by atoms with van der Waals surface area (Å²) in [6.07, 6.45) is -4.84. The number of carbonyl (C=O) groups excluding carboxylic acids is 1. The van der Waals surface area contributed by atoms with Crippen molar-refractivity contribution in [3.63, 3.8) is 0 Å². The SMILES string of the molecule is Cc1nc(N[C@H](C)c2cccc(C(F)(F)F)c2F)c2c(n1)C1(CN(C)C1)C(=O)N(c1ccccc1F)C2. The number of nitrogens with one attached hydrogen (secondary N) is 1. The summed E-state index contributed by atoms with van der Waals surface area (Å²) in [5.41, 5.74) is -1.45. The summed E-state index contributed by atoms with van der Waals surface area (Å²) in [6.45, 7) is 3.83. The number of hydrogen-bond acceptors (Lipinski definition) is 5. The number of alkyl halides is 3. The van der Waals surface area contributed by atoms with Gasteiger partial charge in [-0.25, -0.2) is 18.7 Å². The molecule has 2 aliphatic rings. The van der Waals surface area contributed by atoms with Crippen molar-refractivity contribution in [2.75, 3.05) is 30.4 Å². The lowest BCUT2D eigenvalue weighted by Gasteiger charge is -2.52. The predicted octanol–water partition coefficient (Wildman–Crippen LogP) is 4.99. The molecule has 1 saturated heterocycles. The third kappa shape index (κ3) is 4.11. The van der Waals surface area contributed by atoms with E-state index in [1.165, 1.54) is 36.1 Å². The van der Waals surface area contributed by atoms with Gasteiger partial charge in [-0.1, -0.05) is 24.3 Å². The first kappa shape index (κ1) is 25.1. The molecular weight excluding hydrogens is 493 g/mol. The van der Waals surface area contributed by atoms with E-state index in [2.05, 4.69) is 15.3 Å². The number of para-hydroxylation sites is 1. The Morgan fingerprint density at radius 1 is 1.05 bits per heavy atom. The number of aromatic nitrogens is 2. The maximum absolute atomic E-state index is 14.9. The van der Waals surface area contributed by atoms with Crippen LogP contribution in [0.1, 0.15) is 41.2 Å². The van der Waals surface area contributed by atoms with E-state index in [0.717, 1.165) is 6.07 Å². The van der Waals surface area contributed by atoms with Gasteiger partial charge >= 0.3 is 6.18 Å². The summed E-state index contributed by atoms with van der Waals surface area (Å²) in [5, 5.41) is 3.04. The quantitative estimate of drug-likeness (QED) is 0.495. The third-order valence-corrected chi connectivity index (χ3v) is 6.92. The number of halogens is 5. The summed E-state index contributed by atoms with van der Waals surface area (Å²) in [6, 6.07) is 8.15. The fourth-order valence-electron chi connectivity index (χ4n) is 5.26. The van der Waals surface area contributed by atoms with Crippen molar-refractivity contribution in [3.8, 4) is 0 Å². The van der Waals surface area contributed by atoms with Crippen molar-refractivity contribution in [3.05, 3.63) is 82.3 Å². The smallest absolute Gasteiger partial charge is 0.363 e. The Balaban J connectivity index is 1.60. The third-order valence-electron chi connectivity index (χ3n) is 6.92. The van der Waals surface area contributed by atoms with Crippen LogP contribution in [0.15, 0.2) is 42.5 Å². The number of hydrogen-bond donors (Lipinski definition) is 1. The van der Waals surface area contributed by atoms with E-state index in [1.54, 1.807) is 13.0 Å². The molecule has 37 heavy (non-hydrogen) atoms. The van der Waals surface area contributed by atoms with Gasteiger partial charge in [0.15, 0.2) is 0 Å². The van der Waals surface area contributed by atoms with Gasteiger partial charge in [0.1, 0.15) is 28.7 Å². The van der Waals surface area contributed by atoms with E-state index < -0.39 is 34.8 Å². The van der Waals surface area contributed by atoms with Crippen molar-refractivity contribution >= 4 is 17.4 Å². The number of nitrogens with zero attached hydrogens (tertiary/aromatic N) is 4. The Kier molecular flexibility index (Phi) is 5.93. The number of anilines is 2. The highest BCUT2D eigenvalue weighted by Crippen LogP contribution is 2.44. The Labute approximate surface area is 210 Å². The van der Waals surface area contributed by atoms with Crippen LogP contribution in [0.25, 0.3) is 0 Å². The van der Waals surface area contributed by atoms with E-state index in [0.29, 0.717) is 36.2 Å². The number of aryl methyl sites for hydroxylation is 1. The highest BCUT2D eigenvalue weighted by atomic mass is 19.4. The molecule has 3 aromatic rings. The normalized spacial score (nSPS) is 17.9. The molecule has 1 atom stereocenters. The Morgan fingerprint density at radius 3 is 2.41 bits per heavy atom. The van der Waals surface area contributed by atoms with Crippen LogP contribution in [0.2, 0.25) is 0 Å². The molecule has 2 aromatic carbocycles. The number of rotatable bonds is 4. The van der Waals surface area contributed by atoms with Gasteiger partial charge in [-0.2, -0.15) is 13.2 Å². The Hall–Kier alpha value is -3.60. The highest BCUT2D eigenvalue weighted by molar-refractivity contribution is 6.04. The maximum atomic E-state index is 14.9. The molecule has 1 aromatic heterocycles. The summed E-state index contributed by atoms with van der Waals surface area (Å²) in [4.78, 5) is 26.1. The van der Waals surface area contributed by atoms with Crippen LogP contribution >= 0.6 is 0 Å². The lowest BCUT2D eigenvalue weighted by atomic mass is 9.71. The molecule has 2 aliphatic heterocycles. The average molecular weight is 518 g/mol. The number of carbonyl (C=O) groups is 1. The van der Waals surface area contributed by atoms with Gasteiger partial charge < -0.3 is 15.1 Å². The number of amides is 1. The van der Waals surface area contributed by atoms with Crippen molar-refractivity contribution in [1.82, 2.24) is 14.9 Å². The molecule has 5 rings (SSSR count). The molecule has 1 N–H and O–H groups in total. The van der Waals surface area contributed by atoms with Crippen LogP contribution in [-0.4, -0.2) is 40.9 Å². The van der Waals surface area contributed by atoms with Crippen LogP contribution in [0, 0.1) is 18.6 Å². The molecule has 3 heterocycles. The number of fused-ring (bicyclic) bond motifs is 2. The first-order chi connectivity index (χ1) is 17.4. The Morgan fingerprint density at radius 2 is 1.76 bits per heavy atom. The minimum Gasteiger partial charge on any atom is -0.363 e. The molecule has 0 aliphatic carbocycles. The molecule has 1 fully saturated rings. The lowest BCUT2D eigenvalue weighted by molar-refractivity contribution is -0.140. The predicted molar refractivity (Wildman–Crippen MR) is 127 cm³/mol. The van der Waals surface area contributed by atoms with E-state index in [-0.39, 0.29) is 29.5 Å². The van der Waals surface area contributed by atoms with E-state index in [1.807, 2.05) is 11.9 Å². The zero-order chi connectivity index (χ0) is 26.7. The largest absolute Gasteiger partial charge is 0.419 e. The van der Waals surface area contributed by atoms with E-state index in [9.17, 15) is 26.7 Å². The van der Waals surface area contributed by atoms with Gasteiger partial charge in [-0.15, -0.1) is 0 Å². The van der Waals surface area contributed by atoms with Crippen molar-refractivity contribution in [1.29, 1.82) is 0 Å². The van der Waals surface area contributed by atoms with Gasteiger partial charge in [0, 0.05) is 24.2 Å². The zero-order valence-electron chi connectivity index (χ0n) is 20.3. The highest BCUT2D eigenvalue weighted by Gasteiger charge is 2.56. The molecule has 0 saturated carbocycles. The van der Waals surface area contributed by atoms with Crippen molar-refractivity contribution in [2.45, 2.75) is 38.0 Å². The summed E-state index contributed by atoms with van der Waals surface area (Å²) < 4.78 is 69.5. The van der Waals surface area contributed by atoms with Crippen LogP contribution < -0.4 is 10.2 Å². The maximum Gasteiger partial charge on any atom is 0.419 e. The standard InChI is InChI=1S/C26H24F5N5O/c1-14(16-7-6-8-18(21(16)28)26(29,30)31)32-23-17-11-36(20-10-5-4-9-19(20)27)24(37)25(12-35(3)13-25)22(17)33-15(2)34-23/h4-10,14H,11-13H2,1-3H3,(H,32,33,34)/t14-/m1/s1. The molecule has 11 heteroatoms. The van der Waals surface area contributed by atoms with Gasteiger partial charge in [-0.3, -0.25) is 4.79 Å². The zero-order valence-corrected chi connectivity index (χ0v) is 20.3. The van der Waals surface area contributed by atoms with Crippen molar-refractivity contribution < 1.29 is 26.7 Å². The first-order valence-electron chi connectivity index (χ1n) is 11.7. The van der Waals surface area contributed by atoms with Gasteiger partial charge in [0.25, 0.3) is 0 Å². The molecule has 0 bridgehead atoms. The molecule has 0 unspecified atom stereocenters. The van der Waals surface area contributed by atoms with Crippen LogP contribution in [0.3, 0.4) is 0 Å². The van der Waals surface area contributed by atoms with Crippen molar-refractivity contribution in [2.24, 2.45) is 0 Å². The van der Waals surface area contributed by atoms with E-state index in [4.69, 9.17) is 0 Å². The van der Waals surface area contributed by atoms with Crippen LogP contribution in [0.4, 0.5) is 33.5 Å². The topological polar surface area (TPSA) is 61.4 Å². The Bertz CT molecular complexity index is 1390. The van der Waals surface area contributed by atoms with Gasteiger partial charge in [-0.05, 0) is 39.1 Å². The molecule has 1 amide bonds. The summed E-state index contributed by atoms with van der Waals surface area (Å²) in [5.74, 6) is -1.61.